The molecule has 0 saturated heterocycles. The molecular weight excluding hydrogens is 448 g/mol. The van der Waals surface area contributed by atoms with Gasteiger partial charge in [0.25, 0.3) is 0 Å². The van der Waals surface area contributed by atoms with E-state index in [-0.39, 0.29) is 17.1 Å². The number of anilines is 3. The third-order valence-corrected chi connectivity index (χ3v) is 5.04. The number of benzene rings is 3. The molecule has 0 fully saturated rings. The maximum Gasteiger partial charge on any atom is 0.417 e. The number of hydrogen-bond donors (Lipinski definition) is 3. The van der Waals surface area contributed by atoms with Gasteiger partial charge in [-0.15, -0.1) is 0 Å². The Balaban J connectivity index is 1.52. The maximum absolute atomic E-state index is 14.8. The molecule has 3 aromatic carbocycles. The predicted octanol–water partition coefficient (Wildman–Crippen LogP) is 6.67. The summed E-state index contributed by atoms with van der Waals surface area (Å²) in [4.78, 5) is 12.2. The Kier molecular flexibility index (Phi) is 5.43. The number of urea groups is 1. The number of nitrogens with two attached hydrogens (primary N) is 1. The molecule has 2 amide bonds. The number of aromatic nitrogens is 1. The molecule has 0 atom stereocenters. The van der Waals surface area contributed by atoms with Gasteiger partial charge in [0.05, 0.1) is 21.8 Å². The second kappa shape index (κ2) is 8.08. The third kappa shape index (κ3) is 4.33. The predicted molar refractivity (Wildman–Crippen MR) is 117 cm³/mol. The molecule has 0 unspecified atom stereocenters. The summed E-state index contributed by atoms with van der Waals surface area (Å²) in [7, 11) is 0. The first-order chi connectivity index (χ1) is 15.1. The second-order valence-corrected chi connectivity index (χ2v) is 7.35. The molecule has 0 spiro atoms. The van der Waals surface area contributed by atoms with Crippen LogP contribution in [0, 0.1) is 5.82 Å². The molecule has 1 aromatic heterocycles. The molecule has 164 valence electrons. The molecule has 0 radical (unpaired) electrons. The molecule has 1 heterocycles. The Labute approximate surface area is 184 Å². The van der Waals surface area contributed by atoms with E-state index in [2.05, 4.69) is 10.6 Å². The third-order valence-electron chi connectivity index (χ3n) is 4.71. The van der Waals surface area contributed by atoms with Crippen LogP contribution in [0.1, 0.15) is 5.56 Å². The van der Waals surface area contributed by atoms with Gasteiger partial charge in [0.2, 0.25) is 0 Å². The van der Waals surface area contributed by atoms with Crippen molar-refractivity contribution in [2.24, 2.45) is 0 Å². The van der Waals surface area contributed by atoms with E-state index in [9.17, 15) is 22.4 Å². The highest BCUT2D eigenvalue weighted by atomic mass is 35.5. The molecule has 0 bridgehead atoms. The Morgan fingerprint density at radius 1 is 0.938 bits per heavy atom. The number of halogens is 5. The van der Waals surface area contributed by atoms with Crippen LogP contribution in [0.2, 0.25) is 5.02 Å². The first-order valence-electron chi connectivity index (χ1n) is 9.23. The van der Waals surface area contributed by atoms with Crippen LogP contribution in [-0.4, -0.2) is 10.6 Å². The number of rotatable bonds is 3. The monoisotopic (exact) mass is 462 g/mol. The van der Waals surface area contributed by atoms with Crippen molar-refractivity contribution in [2.75, 3.05) is 16.4 Å². The van der Waals surface area contributed by atoms with Gasteiger partial charge < -0.3 is 20.9 Å². The maximum atomic E-state index is 14.8. The fourth-order valence-corrected chi connectivity index (χ4v) is 3.49. The van der Waals surface area contributed by atoms with Crippen molar-refractivity contribution in [1.82, 2.24) is 4.57 Å². The van der Waals surface area contributed by atoms with Crippen LogP contribution in [-0.2, 0) is 6.18 Å². The van der Waals surface area contributed by atoms with Gasteiger partial charge in [-0.2, -0.15) is 13.2 Å². The minimum absolute atomic E-state index is 0.116. The minimum Gasteiger partial charge on any atom is -0.399 e. The van der Waals surface area contributed by atoms with Crippen molar-refractivity contribution in [3.63, 3.8) is 0 Å². The Morgan fingerprint density at radius 2 is 1.62 bits per heavy atom. The van der Waals surface area contributed by atoms with Crippen molar-refractivity contribution in [3.05, 3.63) is 83.3 Å². The van der Waals surface area contributed by atoms with Gasteiger partial charge in [0.15, 0.2) is 0 Å². The molecular formula is C22H15ClF4N4O. The van der Waals surface area contributed by atoms with Crippen molar-refractivity contribution in [3.8, 4) is 5.69 Å². The molecule has 32 heavy (non-hydrogen) atoms. The number of nitrogen functional groups attached to an aromatic ring is 1. The van der Waals surface area contributed by atoms with Gasteiger partial charge in [-0.1, -0.05) is 11.6 Å². The van der Waals surface area contributed by atoms with E-state index in [0.29, 0.717) is 5.69 Å². The summed E-state index contributed by atoms with van der Waals surface area (Å²) in [5.74, 6) is -0.608. The minimum atomic E-state index is -4.67. The fourth-order valence-electron chi connectivity index (χ4n) is 3.26. The van der Waals surface area contributed by atoms with E-state index in [1.54, 1.807) is 35.0 Å². The summed E-state index contributed by atoms with van der Waals surface area (Å²) in [5, 5.41) is 5.02. The molecule has 0 aliphatic heterocycles. The lowest BCUT2D eigenvalue weighted by molar-refractivity contribution is -0.137. The number of carbonyl (C=O) groups excluding carboxylic acids is 1. The highest BCUT2D eigenvalue weighted by Gasteiger charge is 2.33. The van der Waals surface area contributed by atoms with E-state index in [4.69, 9.17) is 17.3 Å². The van der Waals surface area contributed by atoms with Gasteiger partial charge in [-0.3, -0.25) is 0 Å². The molecule has 0 saturated carbocycles. The van der Waals surface area contributed by atoms with E-state index in [1.807, 2.05) is 0 Å². The van der Waals surface area contributed by atoms with E-state index in [0.717, 1.165) is 29.1 Å². The highest BCUT2D eigenvalue weighted by molar-refractivity contribution is 6.31. The summed E-state index contributed by atoms with van der Waals surface area (Å²) in [6.45, 7) is 0. The van der Waals surface area contributed by atoms with Crippen LogP contribution in [0.3, 0.4) is 0 Å². The zero-order valence-corrected chi connectivity index (χ0v) is 16.9. The molecule has 4 rings (SSSR count). The van der Waals surface area contributed by atoms with Gasteiger partial charge in [-0.05, 0) is 60.7 Å². The molecule has 10 heteroatoms. The molecule has 5 nitrogen and oxygen atoms in total. The molecule has 4 N–H and O–H groups in total. The summed E-state index contributed by atoms with van der Waals surface area (Å²) in [6, 6.07) is 13.2. The average molecular weight is 463 g/mol. The lowest BCUT2D eigenvalue weighted by Gasteiger charge is -2.13. The quantitative estimate of drug-likeness (QED) is 0.235. The Morgan fingerprint density at radius 3 is 2.31 bits per heavy atom. The van der Waals surface area contributed by atoms with Gasteiger partial charge in [0.1, 0.15) is 5.82 Å². The summed E-state index contributed by atoms with van der Waals surface area (Å²) >= 11 is 5.57. The van der Waals surface area contributed by atoms with Crippen molar-refractivity contribution in [2.45, 2.75) is 6.18 Å². The van der Waals surface area contributed by atoms with E-state index >= 15 is 0 Å². The topological polar surface area (TPSA) is 72.1 Å². The van der Waals surface area contributed by atoms with E-state index in [1.165, 1.54) is 18.2 Å². The van der Waals surface area contributed by atoms with Crippen molar-refractivity contribution < 1.29 is 22.4 Å². The highest BCUT2D eigenvalue weighted by Crippen LogP contribution is 2.36. The second-order valence-electron chi connectivity index (χ2n) is 6.94. The number of nitrogens with zero attached hydrogens (tertiary/aromatic N) is 1. The van der Waals surface area contributed by atoms with Crippen LogP contribution < -0.4 is 16.4 Å². The lowest BCUT2D eigenvalue weighted by Crippen LogP contribution is -2.20. The number of amides is 2. The first kappa shape index (κ1) is 21.5. The summed E-state index contributed by atoms with van der Waals surface area (Å²) in [6.07, 6.45) is -2.97. The van der Waals surface area contributed by atoms with Crippen LogP contribution >= 0.6 is 11.6 Å². The molecule has 4 aromatic rings. The van der Waals surface area contributed by atoms with Crippen LogP contribution in [0.25, 0.3) is 16.6 Å². The smallest absolute Gasteiger partial charge is 0.399 e. The standard InChI is InChI=1S/C22H15ClF4N4O/c23-17-4-2-14(10-16(17)22(25,26)27)29-21(32)30-15-3-6-20(18(24)11-15)31-8-7-12-9-13(28)1-5-19(12)31/h1-11H,28H2,(H2,29,30,32). The number of fused-ring (bicyclic) bond motifs is 1. The Bertz CT molecular complexity index is 1330. The average Bonchev–Trinajstić information content (AvgIpc) is 3.11. The zero-order valence-electron chi connectivity index (χ0n) is 16.2. The van der Waals surface area contributed by atoms with Crippen molar-refractivity contribution in [1.29, 1.82) is 0 Å². The normalized spacial score (nSPS) is 11.5. The number of alkyl halides is 3. The summed E-state index contributed by atoms with van der Waals surface area (Å²) < 4.78 is 55.3. The SMILES string of the molecule is Nc1ccc2c(ccn2-c2ccc(NC(=O)Nc3ccc(Cl)c(C(F)(F)F)c3)cc2F)c1. The fraction of sp³-hybridized carbons (Fsp3) is 0.0455. The molecule has 0 aliphatic carbocycles. The van der Waals surface area contributed by atoms with Crippen LogP contribution in [0.4, 0.5) is 39.4 Å². The lowest BCUT2D eigenvalue weighted by atomic mass is 10.2. The van der Waals surface area contributed by atoms with Crippen LogP contribution in [0.15, 0.2) is 66.9 Å². The number of carbonyl (C=O) groups is 1. The number of nitrogens with one attached hydrogen (secondary N) is 2. The van der Waals surface area contributed by atoms with Gasteiger partial charge >= 0.3 is 12.2 Å². The number of hydrogen-bond acceptors (Lipinski definition) is 2. The largest absolute Gasteiger partial charge is 0.417 e. The van der Waals surface area contributed by atoms with Crippen LogP contribution in [0.5, 0.6) is 0 Å². The summed E-state index contributed by atoms with van der Waals surface area (Å²) in [5.41, 5.74) is 6.29. The van der Waals surface area contributed by atoms with Crippen molar-refractivity contribution >= 4 is 45.6 Å². The zero-order chi connectivity index (χ0) is 23.0. The first-order valence-corrected chi connectivity index (χ1v) is 9.61. The van der Waals surface area contributed by atoms with Gasteiger partial charge in [-0.25, -0.2) is 9.18 Å². The Hall–Kier alpha value is -3.72. The molecule has 0 aliphatic rings. The van der Waals surface area contributed by atoms with Gasteiger partial charge in [0, 0.05) is 28.6 Å². The van der Waals surface area contributed by atoms with E-state index < -0.39 is 28.6 Å².